The van der Waals surface area contributed by atoms with Crippen LogP contribution in [-0.2, 0) is 17.6 Å². The van der Waals surface area contributed by atoms with Crippen LogP contribution in [0.5, 0.6) is 5.75 Å². The minimum Gasteiger partial charge on any atom is -0.426 e. The number of unbranched alkanes of at least 4 members (excludes halogenated alkanes) is 7. The van der Waals surface area contributed by atoms with Gasteiger partial charge in [-0.05, 0) is 36.5 Å². The molecule has 0 heterocycles. The molecule has 0 N–H and O–H groups in total. The molecule has 1 aromatic rings. The van der Waals surface area contributed by atoms with Crippen molar-refractivity contribution >= 4 is 5.97 Å². The van der Waals surface area contributed by atoms with Gasteiger partial charge in [0, 0.05) is 6.42 Å². The summed E-state index contributed by atoms with van der Waals surface area (Å²) < 4.78 is 5.60. The smallest absolute Gasteiger partial charge is 0.311 e. The van der Waals surface area contributed by atoms with E-state index in [0.29, 0.717) is 6.42 Å². The van der Waals surface area contributed by atoms with Gasteiger partial charge in [0.2, 0.25) is 0 Å². The summed E-state index contributed by atoms with van der Waals surface area (Å²) in [5.41, 5.74) is 2.46. The zero-order chi connectivity index (χ0) is 16.9. The number of esters is 1. The summed E-state index contributed by atoms with van der Waals surface area (Å²) in [6.45, 7) is 6.50. The fraction of sp³-hybridized carbons (Fsp3) is 0.667. The molecule has 0 spiro atoms. The summed E-state index contributed by atoms with van der Waals surface area (Å²) in [6, 6.07) is 6.02. The van der Waals surface area contributed by atoms with Gasteiger partial charge in [0.05, 0.1) is 0 Å². The molecule has 2 nitrogen and oxygen atoms in total. The largest absolute Gasteiger partial charge is 0.426 e. The van der Waals surface area contributed by atoms with Crippen LogP contribution in [0.2, 0.25) is 0 Å². The van der Waals surface area contributed by atoms with Gasteiger partial charge >= 0.3 is 5.97 Å². The van der Waals surface area contributed by atoms with Crippen LogP contribution in [-0.4, -0.2) is 5.97 Å². The van der Waals surface area contributed by atoms with E-state index < -0.39 is 0 Å². The number of aryl methyl sites for hydroxylation is 1. The lowest BCUT2D eigenvalue weighted by molar-refractivity contribution is -0.134. The van der Waals surface area contributed by atoms with Crippen LogP contribution >= 0.6 is 0 Å². The van der Waals surface area contributed by atoms with E-state index in [-0.39, 0.29) is 5.97 Å². The third kappa shape index (κ3) is 7.67. The average Bonchev–Trinajstić information content (AvgIpc) is 2.57. The highest BCUT2D eigenvalue weighted by atomic mass is 16.5. The highest BCUT2D eigenvalue weighted by Gasteiger charge is 2.10. The Morgan fingerprint density at radius 3 is 2.13 bits per heavy atom. The van der Waals surface area contributed by atoms with Crippen LogP contribution in [0, 0.1) is 0 Å². The summed E-state index contributed by atoms with van der Waals surface area (Å²) in [5.74, 6) is 0.676. The molecule has 0 radical (unpaired) electrons. The fourth-order valence-corrected chi connectivity index (χ4v) is 3.02. The van der Waals surface area contributed by atoms with Crippen molar-refractivity contribution in [1.29, 1.82) is 0 Å². The monoisotopic (exact) mass is 318 g/mol. The van der Waals surface area contributed by atoms with Crippen LogP contribution in [0.4, 0.5) is 0 Å². The van der Waals surface area contributed by atoms with E-state index in [2.05, 4.69) is 26.8 Å². The minimum absolute atomic E-state index is 0.0843. The first-order chi connectivity index (χ1) is 11.2. The Morgan fingerprint density at radius 2 is 1.52 bits per heavy atom. The van der Waals surface area contributed by atoms with E-state index in [4.69, 9.17) is 4.74 Å². The molecule has 0 saturated heterocycles. The Kier molecular flexibility index (Phi) is 10.4. The molecule has 0 aliphatic heterocycles. The van der Waals surface area contributed by atoms with Crippen LogP contribution in [0.15, 0.2) is 18.2 Å². The van der Waals surface area contributed by atoms with E-state index in [0.717, 1.165) is 31.4 Å². The molecule has 0 bridgehead atoms. The molecule has 23 heavy (non-hydrogen) atoms. The number of hydrogen-bond acceptors (Lipinski definition) is 2. The molecule has 0 aromatic heterocycles. The van der Waals surface area contributed by atoms with Crippen molar-refractivity contribution in [3.8, 4) is 5.75 Å². The van der Waals surface area contributed by atoms with Gasteiger partial charge in [-0.15, -0.1) is 0 Å². The lowest BCUT2D eigenvalue weighted by Gasteiger charge is -2.12. The number of hydrogen-bond donors (Lipinski definition) is 0. The van der Waals surface area contributed by atoms with Crippen molar-refractivity contribution in [1.82, 2.24) is 0 Å². The van der Waals surface area contributed by atoms with Gasteiger partial charge in [-0.2, -0.15) is 0 Å². The normalized spacial score (nSPS) is 10.7. The average molecular weight is 319 g/mol. The molecule has 0 unspecified atom stereocenters. The Morgan fingerprint density at radius 1 is 0.870 bits per heavy atom. The van der Waals surface area contributed by atoms with Crippen molar-refractivity contribution < 1.29 is 9.53 Å². The fourth-order valence-electron chi connectivity index (χ4n) is 3.02. The first-order valence-electron chi connectivity index (χ1n) is 9.54. The molecule has 0 amide bonds. The summed E-state index contributed by atoms with van der Waals surface area (Å²) in [5, 5.41) is 0. The van der Waals surface area contributed by atoms with Crippen LogP contribution in [0.1, 0.15) is 89.7 Å². The Bertz CT molecular complexity index is 451. The van der Waals surface area contributed by atoms with Crippen molar-refractivity contribution in [2.75, 3.05) is 0 Å². The third-order valence-electron chi connectivity index (χ3n) is 4.42. The van der Waals surface area contributed by atoms with Gasteiger partial charge in [-0.1, -0.05) is 77.8 Å². The molecule has 0 fully saturated rings. The van der Waals surface area contributed by atoms with Crippen molar-refractivity contribution in [3.63, 3.8) is 0 Å². The molecule has 0 atom stereocenters. The summed E-state index contributed by atoms with van der Waals surface area (Å²) >= 11 is 0. The highest BCUT2D eigenvalue weighted by molar-refractivity contribution is 5.72. The summed E-state index contributed by atoms with van der Waals surface area (Å²) in [7, 11) is 0. The molecule has 0 aliphatic rings. The maximum atomic E-state index is 12.0. The second-order valence-electron chi connectivity index (χ2n) is 6.30. The molecule has 1 rings (SSSR count). The maximum absolute atomic E-state index is 12.0. The number of ether oxygens (including phenoxy) is 1. The van der Waals surface area contributed by atoms with Crippen molar-refractivity contribution in [2.24, 2.45) is 0 Å². The predicted molar refractivity (Wildman–Crippen MR) is 98.1 cm³/mol. The lowest BCUT2D eigenvalue weighted by atomic mass is 10.0. The second-order valence-corrected chi connectivity index (χ2v) is 6.30. The second kappa shape index (κ2) is 12.2. The lowest BCUT2D eigenvalue weighted by Crippen LogP contribution is -2.09. The standard InChI is InChI=1S/C21H34O2/c1-4-7-8-9-10-11-12-13-17-21(22)23-20-16-14-15-18(5-2)19(20)6-3/h14-16H,4-13,17H2,1-3H3. The Hall–Kier alpha value is -1.31. The SMILES string of the molecule is CCCCCCCCCCC(=O)Oc1cccc(CC)c1CC. The van der Waals surface area contributed by atoms with Gasteiger partial charge in [-0.3, -0.25) is 4.79 Å². The third-order valence-corrected chi connectivity index (χ3v) is 4.42. The van der Waals surface area contributed by atoms with E-state index in [9.17, 15) is 4.79 Å². The Balaban J connectivity index is 2.27. The number of rotatable bonds is 12. The number of carbonyl (C=O) groups excluding carboxylic acids is 1. The molecule has 0 aliphatic carbocycles. The summed E-state index contributed by atoms with van der Waals surface area (Å²) in [6.07, 6.45) is 12.4. The molecule has 1 aromatic carbocycles. The maximum Gasteiger partial charge on any atom is 0.311 e. The highest BCUT2D eigenvalue weighted by Crippen LogP contribution is 2.24. The van der Waals surface area contributed by atoms with Crippen LogP contribution < -0.4 is 4.74 Å². The molecule has 0 saturated carbocycles. The number of carbonyl (C=O) groups is 1. The first-order valence-corrected chi connectivity index (χ1v) is 9.54. The molecular formula is C21H34O2. The van der Waals surface area contributed by atoms with Crippen LogP contribution in [0.3, 0.4) is 0 Å². The predicted octanol–water partition coefficient (Wildman–Crippen LogP) is 6.25. The topological polar surface area (TPSA) is 26.3 Å². The minimum atomic E-state index is -0.0843. The number of benzene rings is 1. The van der Waals surface area contributed by atoms with Crippen molar-refractivity contribution in [3.05, 3.63) is 29.3 Å². The quantitative estimate of drug-likeness (QED) is 0.259. The van der Waals surface area contributed by atoms with Crippen LogP contribution in [0.25, 0.3) is 0 Å². The molecule has 130 valence electrons. The van der Waals surface area contributed by atoms with Gasteiger partial charge in [0.15, 0.2) is 0 Å². The van der Waals surface area contributed by atoms with E-state index in [1.807, 2.05) is 12.1 Å². The molecular weight excluding hydrogens is 284 g/mol. The van der Waals surface area contributed by atoms with Gasteiger partial charge in [0.25, 0.3) is 0 Å². The zero-order valence-electron chi connectivity index (χ0n) is 15.3. The Labute approximate surface area is 142 Å². The zero-order valence-corrected chi connectivity index (χ0v) is 15.3. The van der Waals surface area contributed by atoms with E-state index in [1.54, 1.807) is 0 Å². The van der Waals surface area contributed by atoms with Gasteiger partial charge in [-0.25, -0.2) is 0 Å². The van der Waals surface area contributed by atoms with Crippen molar-refractivity contribution in [2.45, 2.75) is 91.4 Å². The van der Waals surface area contributed by atoms with Gasteiger partial charge in [0.1, 0.15) is 5.75 Å². The van der Waals surface area contributed by atoms with Gasteiger partial charge < -0.3 is 4.74 Å². The van der Waals surface area contributed by atoms with E-state index in [1.165, 1.54) is 49.7 Å². The summed E-state index contributed by atoms with van der Waals surface area (Å²) in [4.78, 5) is 12.0. The van der Waals surface area contributed by atoms with E-state index >= 15 is 0 Å². The first kappa shape index (κ1) is 19.7. The molecule has 2 heteroatoms.